The molecular weight excluding hydrogens is 434 g/mol. The first-order valence-corrected chi connectivity index (χ1v) is 13.4. The van der Waals surface area contributed by atoms with E-state index in [1.54, 1.807) is 0 Å². The molecule has 2 N–H and O–H groups in total. The zero-order valence-electron chi connectivity index (χ0n) is 21.5. The molecule has 7 nitrogen and oxygen atoms in total. The van der Waals surface area contributed by atoms with Gasteiger partial charge in [0.25, 0.3) is 0 Å². The van der Waals surface area contributed by atoms with E-state index in [0.717, 1.165) is 25.8 Å². The Kier molecular flexibility index (Phi) is 20.4. The van der Waals surface area contributed by atoms with E-state index in [4.69, 9.17) is 10.2 Å². The molecular formula is C27H49NO6. The number of aliphatic carboxylic acids is 3. The van der Waals surface area contributed by atoms with Gasteiger partial charge in [-0.1, -0.05) is 64.0 Å². The Morgan fingerprint density at radius 1 is 0.618 bits per heavy atom. The first kappa shape index (κ1) is 32.1. The summed E-state index contributed by atoms with van der Waals surface area (Å²) in [6.07, 6.45) is 19.5. The molecule has 0 radical (unpaired) electrons. The summed E-state index contributed by atoms with van der Waals surface area (Å²) in [6.45, 7) is 4.90. The van der Waals surface area contributed by atoms with Gasteiger partial charge in [-0.15, -0.1) is 0 Å². The normalized spacial score (nSPS) is 11.8. The predicted molar refractivity (Wildman–Crippen MR) is 133 cm³/mol. The van der Waals surface area contributed by atoms with Crippen molar-refractivity contribution in [2.45, 2.75) is 116 Å². The summed E-state index contributed by atoms with van der Waals surface area (Å²) in [6, 6.07) is 0. The average molecular weight is 484 g/mol. The maximum atomic E-state index is 11.0. The van der Waals surface area contributed by atoms with Gasteiger partial charge in [0.2, 0.25) is 0 Å². The molecule has 0 aliphatic carbocycles. The molecule has 0 unspecified atom stereocenters. The van der Waals surface area contributed by atoms with Gasteiger partial charge in [0.05, 0.1) is 39.0 Å². The predicted octanol–water partition coefficient (Wildman–Crippen LogP) is 4.93. The molecule has 0 atom stereocenters. The lowest BCUT2D eigenvalue weighted by atomic mass is 10.1. The highest BCUT2D eigenvalue weighted by Gasteiger charge is 2.26. The van der Waals surface area contributed by atoms with Crippen LogP contribution in [-0.4, -0.2) is 58.8 Å². The van der Waals surface area contributed by atoms with Crippen LogP contribution in [0.1, 0.15) is 116 Å². The highest BCUT2D eigenvalue weighted by Crippen LogP contribution is 2.17. The molecule has 0 fully saturated rings. The lowest BCUT2D eigenvalue weighted by Gasteiger charge is -2.39. The molecule has 0 spiro atoms. The van der Waals surface area contributed by atoms with Crippen LogP contribution in [0.25, 0.3) is 0 Å². The fourth-order valence-corrected chi connectivity index (χ4v) is 4.54. The summed E-state index contributed by atoms with van der Waals surface area (Å²) >= 11 is 0. The number of rotatable bonds is 25. The minimum Gasteiger partial charge on any atom is -0.550 e. The number of carbonyl (C=O) groups excluding carboxylic acids is 1. The third-order valence-electron chi connectivity index (χ3n) is 6.45. The second kappa shape index (κ2) is 21.6. The molecule has 0 aromatic rings. The molecule has 0 bridgehead atoms. The molecule has 198 valence electrons. The van der Waals surface area contributed by atoms with Crippen LogP contribution >= 0.6 is 0 Å². The van der Waals surface area contributed by atoms with Gasteiger partial charge >= 0.3 is 11.9 Å². The van der Waals surface area contributed by atoms with E-state index in [-0.39, 0.29) is 19.3 Å². The van der Waals surface area contributed by atoms with Crippen molar-refractivity contribution < 1.29 is 34.2 Å². The molecule has 0 aromatic heterocycles. The number of nitrogens with zero attached hydrogens (tertiary/aromatic N) is 1. The second-order valence-electron chi connectivity index (χ2n) is 9.58. The molecule has 0 heterocycles. The molecule has 0 aliphatic heterocycles. The summed E-state index contributed by atoms with van der Waals surface area (Å²) in [7, 11) is 0. The van der Waals surface area contributed by atoms with Gasteiger partial charge in [-0.2, -0.15) is 0 Å². The smallest absolute Gasteiger partial charge is 0.303 e. The van der Waals surface area contributed by atoms with E-state index in [1.165, 1.54) is 51.4 Å². The quantitative estimate of drug-likeness (QED) is 0.108. The SMILES string of the molecule is CCCCCCCCCC/C=C/CCC[N+](CCCC(=O)[O-])(CCCC(=O)O)CCCC(=O)O. The van der Waals surface area contributed by atoms with Crippen molar-refractivity contribution in [1.29, 1.82) is 0 Å². The topological polar surface area (TPSA) is 115 Å². The Morgan fingerprint density at radius 3 is 1.50 bits per heavy atom. The van der Waals surface area contributed by atoms with Gasteiger partial charge in [0.15, 0.2) is 0 Å². The van der Waals surface area contributed by atoms with Crippen molar-refractivity contribution in [3.8, 4) is 0 Å². The number of quaternary nitrogens is 1. The number of carboxylic acids is 3. The van der Waals surface area contributed by atoms with Crippen LogP contribution in [0.2, 0.25) is 0 Å². The molecule has 0 aromatic carbocycles. The van der Waals surface area contributed by atoms with Crippen molar-refractivity contribution in [2.24, 2.45) is 0 Å². The zero-order valence-corrected chi connectivity index (χ0v) is 21.5. The Balaban J connectivity index is 4.54. The molecule has 0 rings (SSSR count). The summed E-state index contributed by atoms with van der Waals surface area (Å²) in [4.78, 5) is 32.9. The third-order valence-corrected chi connectivity index (χ3v) is 6.45. The van der Waals surface area contributed by atoms with Gasteiger partial charge in [0.1, 0.15) is 0 Å². The Bertz CT molecular complexity index is 525. The highest BCUT2D eigenvalue weighted by atomic mass is 16.4. The van der Waals surface area contributed by atoms with Crippen LogP contribution in [0.3, 0.4) is 0 Å². The zero-order chi connectivity index (χ0) is 25.5. The van der Waals surface area contributed by atoms with Gasteiger partial charge < -0.3 is 24.6 Å². The Labute approximate surface area is 206 Å². The number of hydrogen-bond donors (Lipinski definition) is 2. The summed E-state index contributed by atoms with van der Waals surface area (Å²) in [5, 5.41) is 28.9. The maximum absolute atomic E-state index is 11.0. The van der Waals surface area contributed by atoms with E-state index in [1.807, 2.05) is 0 Å². The number of unbranched alkanes of at least 4 members (excludes halogenated alkanes) is 9. The van der Waals surface area contributed by atoms with Crippen molar-refractivity contribution in [2.75, 3.05) is 26.2 Å². The number of carboxylic acid groups (broad SMARTS) is 3. The summed E-state index contributed by atoms with van der Waals surface area (Å²) in [5.74, 6) is -2.78. The van der Waals surface area contributed by atoms with Crippen LogP contribution < -0.4 is 5.11 Å². The second-order valence-corrected chi connectivity index (χ2v) is 9.58. The largest absolute Gasteiger partial charge is 0.550 e. The number of carbonyl (C=O) groups is 3. The fraction of sp³-hybridized carbons (Fsp3) is 0.815. The van der Waals surface area contributed by atoms with Crippen molar-refractivity contribution in [3.63, 3.8) is 0 Å². The van der Waals surface area contributed by atoms with E-state index in [2.05, 4.69) is 19.1 Å². The van der Waals surface area contributed by atoms with Crippen molar-refractivity contribution in [3.05, 3.63) is 12.2 Å². The molecule has 0 saturated heterocycles. The Morgan fingerprint density at radius 2 is 1.03 bits per heavy atom. The average Bonchev–Trinajstić information content (AvgIpc) is 2.76. The summed E-state index contributed by atoms with van der Waals surface area (Å²) in [5.41, 5.74) is 0. The van der Waals surface area contributed by atoms with Gasteiger partial charge in [0, 0.05) is 31.7 Å². The van der Waals surface area contributed by atoms with E-state index < -0.39 is 17.9 Å². The van der Waals surface area contributed by atoms with Gasteiger partial charge in [-0.05, 0) is 25.7 Å². The summed E-state index contributed by atoms with van der Waals surface area (Å²) < 4.78 is 0.583. The number of allylic oxidation sites excluding steroid dienone is 2. The van der Waals surface area contributed by atoms with Crippen LogP contribution in [-0.2, 0) is 14.4 Å². The van der Waals surface area contributed by atoms with Crippen LogP contribution in [0.5, 0.6) is 0 Å². The number of hydrogen-bond acceptors (Lipinski definition) is 4. The lowest BCUT2D eigenvalue weighted by molar-refractivity contribution is -0.928. The first-order valence-electron chi connectivity index (χ1n) is 13.4. The van der Waals surface area contributed by atoms with Gasteiger partial charge in [-0.3, -0.25) is 9.59 Å². The minimum atomic E-state index is -1.09. The fourth-order valence-electron chi connectivity index (χ4n) is 4.54. The Hall–Kier alpha value is -1.89. The third kappa shape index (κ3) is 20.7. The molecule has 34 heavy (non-hydrogen) atoms. The first-order chi connectivity index (χ1) is 16.3. The monoisotopic (exact) mass is 483 g/mol. The highest BCUT2D eigenvalue weighted by molar-refractivity contribution is 5.66. The van der Waals surface area contributed by atoms with Crippen molar-refractivity contribution >= 4 is 17.9 Å². The van der Waals surface area contributed by atoms with Gasteiger partial charge in [-0.25, -0.2) is 0 Å². The van der Waals surface area contributed by atoms with Crippen molar-refractivity contribution in [1.82, 2.24) is 0 Å². The lowest BCUT2D eigenvalue weighted by Crippen LogP contribution is -2.51. The van der Waals surface area contributed by atoms with E-state index >= 15 is 0 Å². The molecule has 0 aliphatic rings. The molecule has 0 amide bonds. The standard InChI is InChI=1S/C27H49NO6/c1-2-3-4-5-6-7-8-9-10-11-12-13-14-21-28(22-15-18-25(29)30,23-16-19-26(31)32)24-17-20-27(33)34/h11-12H,2-10,13-24H2,1H3,(H2-,29,30,31,32,33,34)/b12-11+. The van der Waals surface area contributed by atoms with Crippen LogP contribution in [0, 0.1) is 0 Å². The van der Waals surface area contributed by atoms with Crippen LogP contribution in [0.4, 0.5) is 0 Å². The maximum Gasteiger partial charge on any atom is 0.303 e. The van der Waals surface area contributed by atoms with Crippen LogP contribution in [0.15, 0.2) is 12.2 Å². The molecule has 7 heteroatoms. The minimum absolute atomic E-state index is 0.0314. The van der Waals surface area contributed by atoms with E-state index in [9.17, 15) is 19.5 Å². The molecule has 0 saturated carbocycles. The van der Waals surface area contributed by atoms with E-state index in [0.29, 0.717) is 43.4 Å².